The number of rotatable bonds is 8. The maximum absolute atomic E-state index is 12.3. The van der Waals surface area contributed by atoms with Gasteiger partial charge in [-0.2, -0.15) is 0 Å². The maximum Gasteiger partial charge on any atom is 0.251 e. The first-order chi connectivity index (χ1) is 12.2. The first kappa shape index (κ1) is 17.8. The van der Waals surface area contributed by atoms with E-state index in [0.717, 1.165) is 49.9 Å². The molecule has 0 bridgehead atoms. The van der Waals surface area contributed by atoms with Gasteiger partial charge in [-0.15, -0.1) is 5.10 Å². The lowest BCUT2D eigenvalue weighted by atomic mass is 10.2. The summed E-state index contributed by atoms with van der Waals surface area (Å²) in [6.07, 6.45) is 4.24. The lowest BCUT2D eigenvalue weighted by Crippen LogP contribution is -2.33. The Bertz CT molecular complexity index is 715. The van der Waals surface area contributed by atoms with Crippen LogP contribution in [-0.2, 0) is 6.54 Å². The topological polar surface area (TPSA) is 83.3 Å². The van der Waals surface area contributed by atoms with Gasteiger partial charge in [0, 0.05) is 24.7 Å². The van der Waals surface area contributed by atoms with Crippen LogP contribution in [0.3, 0.4) is 0 Å². The normalized spacial score (nSPS) is 18.1. The Kier molecular flexibility index (Phi) is 5.99. The highest BCUT2D eigenvalue weighted by Crippen LogP contribution is 2.17. The number of carbonyl (C=O) groups is 1. The van der Waals surface area contributed by atoms with Gasteiger partial charge in [-0.1, -0.05) is 5.21 Å². The van der Waals surface area contributed by atoms with E-state index < -0.39 is 0 Å². The predicted molar refractivity (Wildman–Crippen MR) is 96.5 cm³/mol. The van der Waals surface area contributed by atoms with Gasteiger partial charge in [-0.3, -0.25) is 9.69 Å². The van der Waals surface area contributed by atoms with Gasteiger partial charge in [-0.05, 0) is 63.9 Å². The summed E-state index contributed by atoms with van der Waals surface area (Å²) in [7, 11) is 0. The molecule has 2 aromatic rings. The van der Waals surface area contributed by atoms with Crippen LogP contribution in [-0.4, -0.2) is 63.2 Å². The molecule has 7 nitrogen and oxygen atoms in total. The van der Waals surface area contributed by atoms with Crippen LogP contribution < -0.4 is 5.32 Å². The van der Waals surface area contributed by atoms with Crippen LogP contribution in [0, 0.1) is 0 Å². The summed E-state index contributed by atoms with van der Waals surface area (Å²) in [6, 6.07) is 5.84. The van der Waals surface area contributed by atoms with E-state index in [9.17, 15) is 9.90 Å². The van der Waals surface area contributed by atoms with Crippen molar-refractivity contribution in [2.24, 2.45) is 0 Å². The summed E-state index contributed by atoms with van der Waals surface area (Å²) >= 11 is 0. The van der Waals surface area contributed by atoms with Crippen molar-refractivity contribution in [1.29, 1.82) is 0 Å². The van der Waals surface area contributed by atoms with Crippen LogP contribution in [0.15, 0.2) is 18.2 Å². The highest BCUT2D eigenvalue weighted by atomic mass is 16.3. The molecule has 7 heteroatoms. The smallest absolute Gasteiger partial charge is 0.251 e. The van der Waals surface area contributed by atoms with E-state index in [1.54, 1.807) is 6.07 Å². The molecule has 1 aliphatic rings. The Labute approximate surface area is 148 Å². The van der Waals surface area contributed by atoms with Crippen molar-refractivity contribution in [2.45, 2.75) is 45.2 Å². The van der Waals surface area contributed by atoms with Gasteiger partial charge in [0.1, 0.15) is 5.52 Å². The fraction of sp³-hybridized carbons (Fsp3) is 0.611. The molecule has 1 aromatic heterocycles. The molecule has 1 aliphatic heterocycles. The van der Waals surface area contributed by atoms with E-state index in [1.165, 1.54) is 6.42 Å². The molecular weight excluding hydrogens is 318 g/mol. The molecule has 1 unspecified atom stereocenters. The molecule has 1 amide bonds. The molecule has 25 heavy (non-hydrogen) atoms. The minimum absolute atomic E-state index is 0.0673. The molecule has 2 heterocycles. The van der Waals surface area contributed by atoms with Crippen LogP contribution in [0.1, 0.15) is 43.0 Å². The number of likely N-dealkylation sites (tertiary alicyclic amines) is 1. The monoisotopic (exact) mass is 345 g/mol. The number of aryl methyl sites for hydroxylation is 1. The van der Waals surface area contributed by atoms with Crippen LogP contribution in [0.25, 0.3) is 11.0 Å². The summed E-state index contributed by atoms with van der Waals surface area (Å²) in [6.45, 7) is 5.76. The third-order valence-corrected chi connectivity index (χ3v) is 4.94. The second kappa shape index (κ2) is 8.40. The van der Waals surface area contributed by atoms with Crippen molar-refractivity contribution in [3.05, 3.63) is 23.8 Å². The molecule has 2 N–H and O–H groups in total. The Hall–Kier alpha value is -1.99. The second-order valence-electron chi connectivity index (χ2n) is 6.59. The number of nitrogens with one attached hydrogen (secondary N) is 1. The van der Waals surface area contributed by atoms with E-state index in [1.807, 2.05) is 23.7 Å². The van der Waals surface area contributed by atoms with E-state index >= 15 is 0 Å². The standard InChI is InChI=1S/C18H27N5O2/c1-2-23-17-8-7-14(12-16(17)20-21-23)18(25)19-9-3-4-10-22-11-5-6-15(22)13-24/h7-8,12,15,24H,2-6,9-11,13H2,1H3,(H,19,25). The summed E-state index contributed by atoms with van der Waals surface area (Å²) < 4.78 is 1.81. The lowest BCUT2D eigenvalue weighted by Gasteiger charge is -2.22. The molecule has 3 rings (SSSR count). The highest BCUT2D eigenvalue weighted by molar-refractivity contribution is 5.97. The van der Waals surface area contributed by atoms with Crippen LogP contribution in [0.5, 0.6) is 0 Å². The van der Waals surface area contributed by atoms with Crippen molar-refractivity contribution >= 4 is 16.9 Å². The molecule has 0 saturated carbocycles. The zero-order valence-corrected chi connectivity index (χ0v) is 14.8. The molecule has 1 saturated heterocycles. The predicted octanol–water partition coefficient (Wildman–Crippen LogP) is 1.42. The van der Waals surface area contributed by atoms with Gasteiger partial charge in [0.2, 0.25) is 0 Å². The third-order valence-electron chi connectivity index (χ3n) is 4.94. The van der Waals surface area contributed by atoms with E-state index in [4.69, 9.17) is 0 Å². The second-order valence-corrected chi connectivity index (χ2v) is 6.59. The summed E-state index contributed by atoms with van der Waals surface area (Å²) in [5.74, 6) is -0.0673. The van der Waals surface area contributed by atoms with Crippen LogP contribution >= 0.6 is 0 Å². The average molecular weight is 345 g/mol. The number of hydrogen-bond acceptors (Lipinski definition) is 5. The number of nitrogens with zero attached hydrogens (tertiary/aromatic N) is 4. The SMILES string of the molecule is CCn1nnc2cc(C(=O)NCCCCN3CCCC3CO)ccc21. The van der Waals surface area contributed by atoms with E-state index in [2.05, 4.69) is 20.5 Å². The number of unbranched alkanes of at least 4 members (excludes halogenated alkanes) is 1. The van der Waals surface area contributed by atoms with Gasteiger partial charge in [0.05, 0.1) is 12.1 Å². The lowest BCUT2D eigenvalue weighted by molar-refractivity contribution is 0.0952. The minimum Gasteiger partial charge on any atom is -0.395 e. The molecule has 0 aliphatic carbocycles. The fourth-order valence-electron chi connectivity index (χ4n) is 3.49. The largest absolute Gasteiger partial charge is 0.395 e. The number of hydrogen-bond donors (Lipinski definition) is 2. The fourth-order valence-corrected chi connectivity index (χ4v) is 3.49. The number of carbonyl (C=O) groups excluding carboxylic acids is 1. The van der Waals surface area contributed by atoms with Crippen molar-refractivity contribution in [2.75, 3.05) is 26.2 Å². The van der Waals surface area contributed by atoms with Crippen molar-refractivity contribution in [3.8, 4) is 0 Å². The number of amides is 1. The number of benzene rings is 1. The molecule has 1 fully saturated rings. The Morgan fingerprint density at radius 2 is 2.28 bits per heavy atom. The van der Waals surface area contributed by atoms with E-state index in [-0.39, 0.29) is 12.5 Å². The molecule has 1 aromatic carbocycles. The number of fused-ring (bicyclic) bond motifs is 1. The number of aliphatic hydroxyl groups is 1. The number of aromatic nitrogens is 3. The minimum atomic E-state index is -0.0673. The van der Waals surface area contributed by atoms with Crippen molar-refractivity contribution in [3.63, 3.8) is 0 Å². The molecule has 136 valence electrons. The van der Waals surface area contributed by atoms with Crippen LogP contribution in [0.4, 0.5) is 0 Å². The summed E-state index contributed by atoms with van der Waals surface area (Å²) in [5, 5.41) is 20.5. The maximum atomic E-state index is 12.3. The van der Waals surface area contributed by atoms with Gasteiger partial charge in [0.15, 0.2) is 0 Å². The molecular formula is C18H27N5O2. The Balaban J connectivity index is 1.43. The van der Waals surface area contributed by atoms with Gasteiger partial charge >= 0.3 is 0 Å². The van der Waals surface area contributed by atoms with Gasteiger partial charge < -0.3 is 10.4 Å². The molecule has 1 atom stereocenters. The summed E-state index contributed by atoms with van der Waals surface area (Å²) in [5.41, 5.74) is 2.32. The van der Waals surface area contributed by atoms with Crippen molar-refractivity contribution < 1.29 is 9.90 Å². The quantitative estimate of drug-likeness (QED) is 0.707. The molecule has 0 spiro atoms. The van der Waals surface area contributed by atoms with E-state index in [0.29, 0.717) is 18.2 Å². The number of aliphatic hydroxyl groups excluding tert-OH is 1. The Morgan fingerprint density at radius 1 is 1.40 bits per heavy atom. The zero-order chi connectivity index (χ0) is 17.6. The Morgan fingerprint density at radius 3 is 3.08 bits per heavy atom. The first-order valence-electron chi connectivity index (χ1n) is 9.19. The third kappa shape index (κ3) is 4.16. The molecule has 0 radical (unpaired) electrons. The van der Waals surface area contributed by atoms with Crippen LogP contribution in [0.2, 0.25) is 0 Å². The van der Waals surface area contributed by atoms with Gasteiger partial charge in [0.25, 0.3) is 5.91 Å². The van der Waals surface area contributed by atoms with Gasteiger partial charge in [-0.25, -0.2) is 4.68 Å². The highest BCUT2D eigenvalue weighted by Gasteiger charge is 2.22. The summed E-state index contributed by atoms with van der Waals surface area (Å²) in [4.78, 5) is 14.6. The van der Waals surface area contributed by atoms with Crippen molar-refractivity contribution in [1.82, 2.24) is 25.2 Å². The zero-order valence-electron chi connectivity index (χ0n) is 14.8. The first-order valence-corrected chi connectivity index (χ1v) is 9.19. The average Bonchev–Trinajstić information content (AvgIpc) is 3.26.